The van der Waals surface area contributed by atoms with Crippen LogP contribution in [0.2, 0.25) is 0 Å². The van der Waals surface area contributed by atoms with Crippen LogP contribution in [-0.2, 0) is 11.3 Å². The van der Waals surface area contributed by atoms with Gasteiger partial charge in [-0.25, -0.2) is 0 Å². The Morgan fingerprint density at radius 2 is 2.05 bits per heavy atom. The van der Waals surface area contributed by atoms with E-state index in [4.69, 9.17) is 5.73 Å². The normalized spacial score (nSPS) is 10.4. The molecule has 1 aromatic heterocycles. The Kier molecular flexibility index (Phi) is 4.57. The van der Waals surface area contributed by atoms with Crippen molar-refractivity contribution in [2.24, 2.45) is 0 Å². The minimum atomic E-state index is -0.149. The van der Waals surface area contributed by atoms with E-state index >= 15 is 0 Å². The van der Waals surface area contributed by atoms with Gasteiger partial charge in [0.1, 0.15) is 6.54 Å². The molecule has 0 bridgehead atoms. The largest absolute Gasteiger partial charge is 0.399 e. The monoisotopic (exact) mass is 291 g/mol. The maximum atomic E-state index is 11.9. The molecule has 0 spiro atoms. The number of nitrogens with zero attached hydrogens (tertiary/aromatic N) is 1. The van der Waals surface area contributed by atoms with Gasteiger partial charge in [0.15, 0.2) is 0 Å². The lowest BCUT2D eigenvalue weighted by atomic mass is 10.1. The van der Waals surface area contributed by atoms with Crippen molar-refractivity contribution in [2.45, 2.75) is 19.9 Å². The van der Waals surface area contributed by atoms with Gasteiger partial charge in [0, 0.05) is 17.6 Å². The number of nitrogen functional groups attached to an aromatic ring is 1. The highest BCUT2D eigenvalue weighted by Crippen LogP contribution is 2.21. The summed E-state index contributed by atoms with van der Waals surface area (Å²) in [5.41, 5.74) is 7.94. The first-order valence-corrected chi connectivity index (χ1v) is 7.30. The average molecular weight is 291 g/mol. The molecule has 0 fully saturated rings. The number of amides is 1. The minimum Gasteiger partial charge on any atom is -0.399 e. The summed E-state index contributed by atoms with van der Waals surface area (Å²) in [4.78, 5) is 23.5. The maximum absolute atomic E-state index is 11.9. The van der Waals surface area contributed by atoms with Crippen LogP contribution in [0.1, 0.15) is 13.3 Å². The number of hydrogen-bond donors (Lipinski definition) is 2. The SMILES string of the molecule is CCCNC(=O)Cn1c(-c2ccc(N)cc2)csc1=O. The molecule has 0 radical (unpaired) electrons. The van der Waals surface area contributed by atoms with Crippen LogP contribution >= 0.6 is 11.3 Å². The minimum absolute atomic E-state index is 0.0437. The van der Waals surface area contributed by atoms with Crippen LogP contribution in [0, 0.1) is 0 Å². The third-order valence-corrected chi connectivity index (χ3v) is 3.63. The van der Waals surface area contributed by atoms with Crippen LogP contribution in [0.4, 0.5) is 5.69 Å². The lowest BCUT2D eigenvalue weighted by Gasteiger charge is -2.08. The predicted molar refractivity (Wildman–Crippen MR) is 81.7 cm³/mol. The van der Waals surface area contributed by atoms with E-state index < -0.39 is 0 Å². The Morgan fingerprint density at radius 1 is 1.35 bits per heavy atom. The number of anilines is 1. The van der Waals surface area contributed by atoms with E-state index in [-0.39, 0.29) is 17.3 Å². The molecule has 20 heavy (non-hydrogen) atoms. The highest BCUT2D eigenvalue weighted by atomic mass is 32.1. The van der Waals surface area contributed by atoms with Gasteiger partial charge < -0.3 is 11.1 Å². The Balaban J connectivity index is 2.25. The number of hydrogen-bond acceptors (Lipinski definition) is 4. The van der Waals surface area contributed by atoms with Crippen molar-refractivity contribution in [1.82, 2.24) is 9.88 Å². The van der Waals surface area contributed by atoms with E-state index in [1.165, 1.54) is 4.57 Å². The fourth-order valence-electron chi connectivity index (χ4n) is 1.82. The lowest BCUT2D eigenvalue weighted by molar-refractivity contribution is -0.121. The quantitative estimate of drug-likeness (QED) is 0.823. The van der Waals surface area contributed by atoms with E-state index in [0.29, 0.717) is 12.2 Å². The molecule has 0 aliphatic rings. The number of benzene rings is 1. The first kappa shape index (κ1) is 14.3. The molecule has 0 aliphatic carbocycles. The van der Waals surface area contributed by atoms with Crippen molar-refractivity contribution in [2.75, 3.05) is 12.3 Å². The van der Waals surface area contributed by atoms with Gasteiger partial charge in [0.05, 0.1) is 5.69 Å². The van der Waals surface area contributed by atoms with Crippen LogP contribution in [0.5, 0.6) is 0 Å². The molecule has 0 atom stereocenters. The second-order valence-corrected chi connectivity index (χ2v) is 5.27. The standard InChI is InChI=1S/C14H17N3O2S/c1-2-7-16-13(18)8-17-12(9-20-14(17)19)10-3-5-11(15)6-4-10/h3-6,9H,2,7-8,15H2,1H3,(H,16,18). The molecule has 1 amide bonds. The van der Waals surface area contributed by atoms with Crippen LogP contribution < -0.4 is 15.9 Å². The van der Waals surface area contributed by atoms with Crippen molar-refractivity contribution in [3.8, 4) is 11.3 Å². The van der Waals surface area contributed by atoms with Gasteiger partial charge in [-0.3, -0.25) is 14.2 Å². The molecule has 106 valence electrons. The van der Waals surface area contributed by atoms with Crippen molar-refractivity contribution in [1.29, 1.82) is 0 Å². The zero-order valence-electron chi connectivity index (χ0n) is 11.3. The molecule has 0 aliphatic heterocycles. The number of carbonyl (C=O) groups is 1. The molecule has 1 heterocycles. The number of carbonyl (C=O) groups excluding carboxylic acids is 1. The zero-order chi connectivity index (χ0) is 14.5. The Morgan fingerprint density at radius 3 is 2.70 bits per heavy atom. The highest BCUT2D eigenvalue weighted by molar-refractivity contribution is 7.07. The highest BCUT2D eigenvalue weighted by Gasteiger charge is 2.12. The first-order chi connectivity index (χ1) is 9.61. The van der Waals surface area contributed by atoms with Crippen LogP contribution in [0.3, 0.4) is 0 Å². The Bertz CT molecular complexity index is 643. The molecule has 1 aromatic carbocycles. The summed E-state index contributed by atoms with van der Waals surface area (Å²) in [6.07, 6.45) is 0.870. The number of thiazole rings is 1. The van der Waals surface area contributed by atoms with E-state index in [0.717, 1.165) is 29.0 Å². The summed E-state index contributed by atoms with van der Waals surface area (Å²) < 4.78 is 1.49. The van der Waals surface area contributed by atoms with Crippen LogP contribution in [-0.4, -0.2) is 17.0 Å². The summed E-state index contributed by atoms with van der Waals surface area (Å²) in [5, 5.41) is 4.54. The van der Waals surface area contributed by atoms with Crippen molar-refractivity contribution >= 4 is 22.9 Å². The number of nitrogens with two attached hydrogens (primary N) is 1. The molecule has 3 N–H and O–H groups in total. The van der Waals surface area contributed by atoms with Gasteiger partial charge in [-0.15, -0.1) is 0 Å². The lowest BCUT2D eigenvalue weighted by Crippen LogP contribution is -2.31. The van der Waals surface area contributed by atoms with Gasteiger partial charge in [0.2, 0.25) is 5.91 Å². The van der Waals surface area contributed by atoms with Crippen molar-refractivity contribution in [3.05, 3.63) is 39.3 Å². The predicted octanol–water partition coefficient (Wildman–Crippen LogP) is 1.69. The molecular weight excluding hydrogens is 274 g/mol. The van der Waals surface area contributed by atoms with Crippen molar-refractivity contribution in [3.63, 3.8) is 0 Å². The molecule has 0 unspecified atom stereocenters. The van der Waals surface area contributed by atoms with Crippen LogP contribution in [0.15, 0.2) is 34.4 Å². The van der Waals surface area contributed by atoms with E-state index in [9.17, 15) is 9.59 Å². The van der Waals surface area contributed by atoms with Gasteiger partial charge >= 0.3 is 4.87 Å². The number of nitrogens with one attached hydrogen (secondary N) is 1. The van der Waals surface area contributed by atoms with E-state index in [2.05, 4.69) is 5.32 Å². The Hall–Kier alpha value is -2.08. The molecule has 0 saturated heterocycles. The second-order valence-electron chi connectivity index (χ2n) is 4.44. The van der Waals surface area contributed by atoms with Crippen molar-refractivity contribution < 1.29 is 4.79 Å². The number of aromatic nitrogens is 1. The molecule has 6 heteroatoms. The third kappa shape index (κ3) is 3.27. The van der Waals surface area contributed by atoms with Gasteiger partial charge in [-0.2, -0.15) is 0 Å². The first-order valence-electron chi connectivity index (χ1n) is 6.42. The van der Waals surface area contributed by atoms with Crippen LogP contribution in [0.25, 0.3) is 11.3 Å². The molecule has 2 rings (SSSR count). The number of rotatable bonds is 5. The van der Waals surface area contributed by atoms with Gasteiger partial charge in [0.25, 0.3) is 0 Å². The fraction of sp³-hybridized carbons (Fsp3) is 0.286. The van der Waals surface area contributed by atoms with E-state index in [1.54, 1.807) is 17.5 Å². The topological polar surface area (TPSA) is 77.1 Å². The smallest absolute Gasteiger partial charge is 0.308 e. The average Bonchev–Trinajstić information content (AvgIpc) is 2.79. The summed E-state index contributed by atoms with van der Waals surface area (Å²) >= 11 is 1.09. The third-order valence-electron chi connectivity index (χ3n) is 2.86. The maximum Gasteiger partial charge on any atom is 0.308 e. The van der Waals surface area contributed by atoms with E-state index in [1.807, 2.05) is 19.1 Å². The summed E-state index contributed by atoms with van der Waals surface area (Å²) in [6.45, 7) is 2.65. The summed E-state index contributed by atoms with van der Waals surface area (Å²) in [6, 6.07) is 7.24. The molecular formula is C14H17N3O2S. The summed E-state index contributed by atoms with van der Waals surface area (Å²) in [5.74, 6) is -0.149. The zero-order valence-corrected chi connectivity index (χ0v) is 12.1. The fourth-order valence-corrected chi connectivity index (χ4v) is 2.59. The molecule has 2 aromatic rings. The van der Waals surface area contributed by atoms with Gasteiger partial charge in [-0.1, -0.05) is 30.4 Å². The second kappa shape index (κ2) is 6.38. The molecule has 0 saturated carbocycles. The Labute approximate surface area is 121 Å². The summed E-state index contributed by atoms with van der Waals surface area (Å²) in [7, 11) is 0. The molecule has 5 nitrogen and oxygen atoms in total. The van der Waals surface area contributed by atoms with Gasteiger partial charge in [-0.05, 0) is 24.1 Å².